The first-order valence-corrected chi connectivity index (χ1v) is 10.9. The summed E-state index contributed by atoms with van der Waals surface area (Å²) in [6.45, 7) is 5.89. The van der Waals surface area contributed by atoms with Crippen molar-refractivity contribution < 1.29 is 19.1 Å². The molecular weight excluding hydrogens is 576 g/mol. The van der Waals surface area contributed by atoms with E-state index in [9.17, 15) is 14.4 Å². The first-order valence-electron chi connectivity index (χ1n) is 8.76. The molecule has 1 aliphatic rings. The predicted molar refractivity (Wildman–Crippen MR) is 121 cm³/mol. The fourth-order valence-corrected chi connectivity index (χ4v) is 4.87. The smallest absolute Gasteiger partial charge is 0.339 e. The molecule has 1 fully saturated rings. The van der Waals surface area contributed by atoms with Crippen LogP contribution >= 0.6 is 45.2 Å². The highest BCUT2D eigenvalue weighted by Crippen LogP contribution is 2.34. The second-order valence-electron chi connectivity index (χ2n) is 6.38. The number of amides is 2. The Kier molecular flexibility index (Phi) is 8.73. The predicted octanol–water partition coefficient (Wildman–Crippen LogP) is 3.46. The van der Waals surface area contributed by atoms with Crippen molar-refractivity contribution in [2.75, 3.05) is 36.9 Å². The monoisotopic (exact) mass is 599 g/mol. The van der Waals surface area contributed by atoms with E-state index >= 15 is 0 Å². The highest BCUT2D eigenvalue weighted by atomic mass is 127. The molecule has 1 saturated heterocycles. The van der Waals surface area contributed by atoms with Gasteiger partial charge in [0, 0.05) is 20.4 Å². The van der Waals surface area contributed by atoms with Gasteiger partial charge < -0.3 is 15.4 Å². The van der Waals surface area contributed by atoms with Gasteiger partial charge in [0.2, 0.25) is 11.8 Å². The van der Waals surface area contributed by atoms with Crippen LogP contribution in [0.25, 0.3) is 0 Å². The molecule has 9 heteroatoms. The van der Waals surface area contributed by atoms with Gasteiger partial charge in [-0.1, -0.05) is 6.42 Å². The van der Waals surface area contributed by atoms with Crippen LogP contribution in [0.3, 0.4) is 0 Å². The Bertz CT molecular complexity index is 734. The van der Waals surface area contributed by atoms with Crippen molar-refractivity contribution in [3.63, 3.8) is 0 Å². The number of rotatable bonds is 6. The number of benzene rings is 1. The number of ether oxygens (including phenoxy) is 1. The van der Waals surface area contributed by atoms with Gasteiger partial charge in [0.1, 0.15) is 6.61 Å². The van der Waals surface area contributed by atoms with Crippen LogP contribution in [0, 0.1) is 7.14 Å². The molecule has 2 amide bonds. The molecule has 2 rings (SSSR count). The van der Waals surface area contributed by atoms with E-state index in [0.29, 0.717) is 37.2 Å². The van der Waals surface area contributed by atoms with Crippen molar-refractivity contribution in [3.05, 3.63) is 18.8 Å². The molecule has 0 saturated carbocycles. The summed E-state index contributed by atoms with van der Waals surface area (Å²) in [5.74, 6) is -0.978. The Labute approximate surface area is 186 Å². The molecule has 0 aromatic heterocycles. The Morgan fingerprint density at radius 2 is 1.67 bits per heavy atom. The van der Waals surface area contributed by atoms with E-state index in [0.717, 1.165) is 13.1 Å². The number of likely N-dealkylation sites (tertiary alicyclic amines) is 1. The second kappa shape index (κ2) is 10.6. The van der Waals surface area contributed by atoms with Gasteiger partial charge in [-0.05, 0) is 77.2 Å². The number of hydrogen-bond donors (Lipinski definition) is 2. The van der Waals surface area contributed by atoms with Crippen molar-refractivity contribution in [2.24, 2.45) is 0 Å². The van der Waals surface area contributed by atoms with Crippen molar-refractivity contribution >= 4 is 74.3 Å². The first kappa shape index (κ1) is 22.3. The minimum atomic E-state index is -0.467. The Hall–Kier alpha value is -0.950. The minimum Gasteiger partial charge on any atom is -0.461 e. The quantitative estimate of drug-likeness (QED) is 0.387. The fourth-order valence-electron chi connectivity index (χ4n) is 2.88. The summed E-state index contributed by atoms with van der Waals surface area (Å²) in [7, 11) is 0. The van der Waals surface area contributed by atoms with Gasteiger partial charge in [0.05, 0.1) is 24.1 Å². The zero-order chi connectivity index (χ0) is 20.0. The third-order valence-electron chi connectivity index (χ3n) is 4.12. The van der Waals surface area contributed by atoms with Gasteiger partial charge in [-0.3, -0.25) is 14.5 Å². The van der Waals surface area contributed by atoms with Crippen LogP contribution in [0.1, 0.15) is 43.5 Å². The molecule has 7 nitrogen and oxygen atoms in total. The number of hydrogen-bond acceptors (Lipinski definition) is 5. The maximum absolute atomic E-state index is 12.6. The molecule has 1 aromatic carbocycles. The van der Waals surface area contributed by atoms with Crippen molar-refractivity contribution in [1.82, 2.24) is 4.90 Å². The number of carbonyl (C=O) groups excluding carboxylic acids is 3. The summed E-state index contributed by atoms with van der Waals surface area (Å²) in [4.78, 5) is 38.0. The van der Waals surface area contributed by atoms with Crippen LogP contribution in [0.5, 0.6) is 0 Å². The fraction of sp³-hybridized carbons (Fsp3) is 0.500. The molecule has 1 aromatic rings. The first-order chi connectivity index (χ1) is 12.8. The van der Waals surface area contributed by atoms with Gasteiger partial charge >= 0.3 is 5.97 Å². The Morgan fingerprint density at radius 3 is 2.26 bits per heavy atom. The van der Waals surface area contributed by atoms with Crippen molar-refractivity contribution in [3.8, 4) is 0 Å². The average Bonchev–Trinajstić information content (AvgIpc) is 2.61. The zero-order valence-electron chi connectivity index (χ0n) is 15.4. The molecule has 0 atom stereocenters. The molecule has 1 aliphatic heterocycles. The van der Waals surface area contributed by atoms with E-state index < -0.39 is 5.97 Å². The van der Waals surface area contributed by atoms with Crippen LogP contribution < -0.4 is 10.6 Å². The lowest BCUT2D eigenvalue weighted by molar-refractivity contribution is -0.115. The van der Waals surface area contributed by atoms with Gasteiger partial charge in [0.15, 0.2) is 0 Å². The second-order valence-corrected chi connectivity index (χ2v) is 8.53. The van der Waals surface area contributed by atoms with Crippen LogP contribution in [-0.4, -0.2) is 48.9 Å². The SMILES string of the molecule is CC(=O)Nc1cc(C(=O)OCCN2CCCCC2)c(I)c(NC(C)=O)c1I. The molecule has 148 valence electrons. The number of carbonyl (C=O) groups is 3. The number of nitrogens with zero attached hydrogens (tertiary/aromatic N) is 1. The van der Waals surface area contributed by atoms with Gasteiger partial charge in [-0.2, -0.15) is 0 Å². The molecule has 27 heavy (non-hydrogen) atoms. The minimum absolute atomic E-state index is 0.254. The Morgan fingerprint density at radius 1 is 1.04 bits per heavy atom. The van der Waals surface area contributed by atoms with Crippen molar-refractivity contribution in [2.45, 2.75) is 33.1 Å². The van der Waals surface area contributed by atoms with Crippen LogP contribution in [0.2, 0.25) is 0 Å². The average molecular weight is 599 g/mol. The van der Waals surface area contributed by atoms with Crippen LogP contribution in [0.15, 0.2) is 6.07 Å². The van der Waals surface area contributed by atoms with E-state index in [2.05, 4.69) is 15.5 Å². The number of anilines is 2. The van der Waals surface area contributed by atoms with Gasteiger partial charge in [-0.15, -0.1) is 0 Å². The Balaban J connectivity index is 2.18. The summed E-state index contributed by atoms with van der Waals surface area (Å²) in [6.07, 6.45) is 3.63. The summed E-state index contributed by atoms with van der Waals surface area (Å²) in [6, 6.07) is 1.60. The summed E-state index contributed by atoms with van der Waals surface area (Å²) < 4.78 is 6.71. The van der Waals surface area contributed by atoms with Crippen LogP contribution in [0.4, 0.5) is 11.4 Å². The zero-order valence-corrected chi connectivity index (χ0v) is 19.7. The number of piperidine rings is 1. The van der Waals surface area contributed by atoms with E-state index in [1.54, 1.807) is 6.07 Å². The van der Waals surface area contributed by atoms with Gasteiger partial charge in [0.25, 0.3) is 0 Å². The summed E-state index contributed by atoms with van der Waals surface area (Å²) in [5, 5.41) is 5.44. The number of nitrogens with one attached hydrogen (secondary N) is 2. The summed E-state index contributed by atoms with van der Waals surface area (Å²) in [5.41, 5.74) is 1.29. The largest absolute Gasteiger partial charge is 0.461 e. The highest BCUT2D eigenvalue weighted by Gasteiger charge is 2.22. The summed E-state index contributed by atoms with van der Waals surface area (Å²) >= 11 is 4.06. The third kappa shape index (κ3) is 6.56. The van der Waals surface area contributed by atoms with E-state index in [1.165, 1.54) is 33.1 Å². The van der Waals surface area contributed by atoms with Crippen molar-refractivity contribution in [1.29, 1.82) is 0 Å². The normalized spacial score (nSPS) is 14.5. The van der Waals surface area contributed by atoms with E-state index in [-0.39, 0.29) is 11.8 Å². The standard InChI is InChI=1S/C18H23I2N3O4/c1-11(24)21-14-10-13(15(19)17(16(14)20)22-12(2)25)18(26)27-9-8-23-6-4-3-5-7-23/h10H,3-9H2,1-2H3,(H,21,24)(H,22,25). The molecule has 0 radical (unpaired) electrons. The van der Waals surface area contributed by atoms with E-state index in [4.69, 9.17) is 4.74 Å². The molecule has 0 spiro atoms. The molecule has 0 unspecified atom stereocenters. The molecular formula is C18H23I2N3O4. The highest BCUT2D eigenvalue weighted by molar-refractivity contribution is 14.1. The maximum atomic E-state index is 12.6. The molecule has 2 N–H and O–H groups in total. The molecule has 0 aliphatic carbocycles. The topological polar surface area (TPSA) is 87.7 Å². The van der Waals surface area contributed by atoms with E-state index in [1.807, 2.05) is 45.2 Å². The number of halogens is 2. The number of esters is 1. The maximum Gasteiger partial charge on any atom is 0.339 e. The lowest BCUT2D eigenvalue weighted by Gasteiger charge is -2.26. The lowest BCUT2D eigenvalue weighted by atomic mass is 10.1. The molecule has 1 heterocycles. The molecule has 0 bridgehead atoms. The van der Waals surface area contributed by atoms with Gasteiger partial charge in [-0.25, -0.2) is 4.79 Å². The van der Waals surface area contributed by atoms with Crippen LogP contribution in [-0.2, 0) is 14.3 Å². The lowest BCUT2D eigenvalue weighted by Crippen LogP contribution is -2.33. The third-order valence-corrected chi connectivity index (χ3v) is 6.36.